The van der Waals surface area contributed by atoms with Gasteiger partial charge in [-0.3, -0.25) is 0 Å². The fourth-order valence-corrected chi connectivity index (χ4v) is 10.5. The van der Waals surface area contributed by atoms with Gasteiger partial charge in [-0.25, -0.2) is 71.9 Å². The van der Waals surface area contributed by atoms with Gasteiger partial charge in [-0.05, 0) is 137 Å². The molecule has 0 heterocycles. The lowest BCUT2D eigenvalue weighted by Crippen LogP contribution is -2.29. The van der Waals surface area contributed by atoms with Crippen molar-refractivity contribution in [1.82, 2.24) is 0 Å². The Morgan fingerprint density at radius 3 is 0.705 bits per heavy atom. The number of ether oxygens (including phenoxy) is 15. The molecule has 702 valence electrons. The van der Waals surface area contributed by atoms with Crippen LogP contribution in [0, 0.1) is 23.7 Å². The first kappa shape index (κ1) is 116. The fraction of sp³-hybridized carbons (Fsp3) is 0.245. The van der Waals surface area contributed by atoms with E-state index < -0.39 is 83.5 Å². The monoisotopic (exact) mass is 1820 g/mol. The van der Waals surface area contributed by atoms with E-state index in [1.54, 1.807) is 66.7 Å². The van der Waals surface area contributed by atoms with E-state index in [-0.39, 0.29) is 83.2 Å². The molecule has 0 aliphatic heterocycles. The van der Waals surface area contributed by atoms with Crippen molar-refractivity contribution >= 4 is 89.5 Å². The van der Waals surface area contributed by atoms with Crippen LogP contribution in [0.3, 0.4) is 0 Å². The number of rotatable bonds is 43. The summed E-state index contributed by atoms with van der Waals surface area (Å²) in [5.74, 6) is -6.72. The fourth-order valence-electron chi connectivity index (χ4n) is 10.5. The van der Waals surface area contributed by atoms with Gasteiger partial charge in [0.05, 0.1) is 26.4 Å². The molecule has 0 amide bonds. The summed E-state index contributed by atoms with van der Waals surface area (Å²) in [6.45, 7) is 55.2. The Bertz CT molecular complexity index is 4390. The maximum Gasteiger partial charge on any atom is 0.337 e. The van der Waals surface area contributed by atoms with Gasteiger partial charge in [-0.1, -0.05) is 221 Å². The second-order valence-electron chi connectivity index (χ2n) is 26.7. The highest BCUT2D eigenvalue weighted by Gasteiger charge is 2.28. The molecular formula is C102H114O30. The van der Waals surface area contributed by atoms with Gasteiger partial charge >= 0.3 is 89.5 Å². The van der Waals surface area contributed by atoms with Crippen LogP contribution in [0.25, 0.3) is 0 Å². The summed E-state index contributed by atoms with van der Waals surface area (Å²) in [4.78, 5) is 164. The molecule has 30 heteroatoms. The number of esters is 15. The van der Waals surface area contributed by atoms with Gasteiger partial charge in [-0.2, -0.15) is 0 Å². The summed E-state index contributed by atoms with van der Waals surface area (Å²) in [5.41, 5.74) is 6.86. The predicted molar refractivity (Wildman–Crippen MR) is 489 cm³/mol. The molecular weight excluding hydrogens is 1710 g/mol. The topological polar surface area (TPSA) is 394 Å². The molecule has 2 fully saturated rings. The Hall–Kier alpha value is -16.0. The normalized spacial score (nSPS) is 12.9. The minimum atomic E-state index is -0.739. The van der Waals surface area contributed by atoms with Crippen molar-refractivity contribution in [2.45, 2.75) is 111 Å². The second kappa shape index (κ2) is 73.1. The third-order valence-corrected chi connectivity index (χ3v) is 17.0. The van der Waals surface area contributed by atoms with Crippen molar-refractivity contribution in [3.05, 3.63) is 380 Å². The van der Waals surface area contributed by atoms with E-state index in [0.717, 1.165) is 164 Å². The Balaban J connectivity index is 0.00000151. The average Bonchev–Trinajstić information content (AvgIpc) is 0.860. The van der Waals surface area contributed by atoms with Gasteiger partial charge in [0.15, 0.2) is 0 Å². The van der Waals surface area contributed by atoms with Crippen LogP contribution in [0.1, 0.15) is 101 Å². The quantitative estimate of drug-likeness (QED) is 0.0151. The van der Waals surface area contributed by atoms with Crippen LogP contribution in [0.15, 0.2) is 330 Å². The van der Waals surface area contributed by atoms with Gasteiger partial charge in [0, 0.05) is 91.1 Å². The number of carbonyl (C=O) groups excluding carboxylic acids is 15. The minimum Gasteiger partial charge on any atom is -0.462 e. The molecule has 4 atom stereocenters. The van der Waals surface area contributed by atoms with E-state index in [0.29, 0.717) is 55.0 Å². The maximum absolute atomic E-state index is 11.2. The van der Waals surface area contributed by atoms with Crippen molar-refractivity contribution in [2.75, 3.05) is 26.4 Å². The summed E-state index contributed by atoms with van der Waals surface area (Å²) in [7, 11) is 0. The first-order chi connectivity index (χ1) is 63.4. The molecule has 2 aliphatic carbocycles. The van der Waals surface area contributed by atoms with Crippen LogP contribution < -0.4 is 0 Å². The smallest absolute Gasteiger partial charge is 0.337 e. The van der Waals surface area contributed by atoms with E-state index in [4.69, 9.17) is 61.6 Å². The zero-order valence-electron chi connectivity index (χ0n) is 74.0. The summed E-state index contributed by atoms with van der Waals surface area (Å²) >= 11 is 0. The average molecular weight is 1820 g/mol. The minimum absolute atomic E-state index is 0.0104. The summed E-state index contributed by atoms with van der Waals surface area (Å²) in [6, 6.07) is 38.8. The third-order valence-electron chi connectivity index (χ3n) is 17.0. The van der Waals surface area contributed by atoms with E-state index in [9.17, 15) is 71.9 Å². The van der Waals surface area contributed by atoms with Crippen molar-refractivity contribution in [2.24, 2.45) is 23.7 Å². The summed E-state index contributed by atoms with van der Waals surface area (Å²) in [6.07, 6.45) is 24.7. The Labute approximate surface area is 769 Å². The largest absolute Gasteiger partial charge is 0.462 e. The highest BCUT2D eigenvalue weighted by molar-refractivity contribution is 5.87. The lowest BCUT2D eigenvalue weighted by atomic mass is 9.80. The Morgan fingerprint density at radius 2 is 0.447 bits per heavy atom. The SMILES string of the molecule is C=CC(=O)OC(=C)OC(=O)C=C.C=CC(=O)OCC1CCCC(COC(=O)C=C)C1.C=CC(=O)OCC1CCCCC1COC(=O)C=C.C=CC(=O)OCc1cc(COC(=O)C=C)cc(COC(=O)C=C)c1.C=CC(=O)OCc1ccc(COC(=O)C=C)cc1.C=CC(=O)OCc1cccc(COC(=O)C=C)c1.C=CC(=O)OCc1ccccc1COC(=O)C=C.c1ccccc1. The zero-order chi connectivity index (χ0) is 98.7. The van der Waals surface area contributed by atoms with Crippen LogP contribution >= 0.6 is 0 Å². The molecule has 2 aliphatic rings. The van der Waals surface area contributed by atoms with Crippen molar-refractivity contribution in [3.63, 3.8) is 0 Å². The van der Waals surface area contributed by atoms with Crippen LogP contribution in [0.2, 0.25) is 0 Å². The molecule has 4 unspecified atom stereocenters. The predicted octanol–water partition coefficient (Wildman–Crippen LogP) is 15.9. The molecule has 0 bridgehead atoms. The third kappa shape index (κ3) is 59.0. The first-order valence-electron chi connectivity index (χ1n) is 40.4. The van der Waals surface area contributed by atoms with Gasteiger partial charge < -0.3 is 71.1 Å². The lowest BCUT2D eigenvalue weighted by Gasteiger charge is -2.30. The van der Waals surface area contributed by atoms with E-state index >= 15 is 0 Å². The van der Waals surface area contributed by atoms with E-state index in [1.165, 1.54) is 12.2 Å². The maximum atomic E-state index is 11.2. The highest BCUT2D eigenvalue weighted by Crippen LogP contribution is 2.32. The molecule has 2 saturated carbocycles. The van der Waals surface area contributed by atoms with Crippen LogP contribution in [0.5, 0.6) is 0 Å². The molecule has 7 rings (SSSR count). The number of hydrogen-bond donors (Lipinski definition) is 0. The molecule has 5 aromatic rings. The molecule has 0 aromatic heterocycles. The molecule has 30 nitrogen and oxygen atoms in total. The molecule has 132 heavy (non-hydrogen) atoms. The summed E-state index contributed by atoms with van der Waals surface area (Å²) in [5, 5.41) is 0. The Morgan fingerprint density at radius 1 is 0.227 bits per heavy atom. The second-order valence-corrected chi connectivity index (χ2v) is 26.7. The van der Waals surface area contributed by atoms with Crippen molar-refractivity contribution in [3.8, 4) is 0 Å². The Kier molecular flexibility index (Phi) is 64.2. The van der Waals surface area contributed by atoms with Crippen molar-refractivity contribution in [1.29, 1.82) is 0 Å². The highest BCUT2D eigenvalue weighted by atomic mass is 16.7. The van der Waals surface area contributed by atoms with Crippen LogP contribution in [0.4, 0.5) is 0 Å². The molecule has 0 saturated heterocycles. The van der Waals surface area contributed by atoms with Gasteiger partial charge in [-0.15, -0.1) is 0 Å². The molecule has 0 spiro atoms. The molecule has 0 N–H and O–H groups in total. The molecule has 0 radical (unpaired) electrons. The number of hydrogen-bond acceptors (Lipinski definition) is 30. The van der Waals surface area contributed by atoms with Gasteiger partial charge in [0.25, 0.3) is 5.95 Å². The van der Waals surface area contributed by atoms with Crippen LogP contribution in [-0.2, 0) is 202 Å². The number of carbonyl (C=O) groups is 15. The molecule has 5 aromatic carbocycles. The lowest BCUT2D eigenvalue weighted by molar-refractivity contribution is -0.148. The van der Waals surface area contributed by atoms with Gasteiger partial charge in [0.1, 0.15) is 59.5 Å². The van der Waals surface area contributed by atoms with E-state index in [1.807, 2.05) is 60.7 Å². The van der Waals surface area contributed by atoms with Crippen molar-refractivity contribution < 1.29 is 143 Å². The van der Waals surface area contributed by atoms with Crippen LogP contribution in [-0.4, -0.2) is 116 Å². The standard InChI is InChI=1S/C18H18O6.C14H14O4.C14H20O4.C14H14O4.C14H20O4.C14H14O4.C8H8O4.C6H6/c1-4-16(19)22-10-13-7-14(11-23-17(20)5-2)9-15(8-13)12-24-18(21)6-3;1-3-13(15)17-9-11-5-7-12(8-6-11)10-18-14(16)4-2;2*1-3-13(15)17-9-11-6-5-7-12(8-11)10-18-14(16)4-2;2*1-3-13(15)17-9-11-7-5-6-8-12(11)10-18-14(16)4-2;1-4-7(9)11-6(3)12-8(10)5-2;1-2-4-6-5-3-1/h4-9H,1-3,10-12H2;3-8H,1-2,9-10H2;3-4,11-12H,1-2,5-10H2;3-8H,1-2,9-10H2;3-4,11-12H,1-2,5-10H2;3-8H,1-2,9-10H2;4-5H,1-3H2;1-6H. The summed E-state index contributed by atoms with van der Waals surface area (Å²) < 4.78 is 73.2. The van der Waals surface area contributed by atoms with E-state index in [2.05, 4.69) is 115 Å². The zero-order valence-corrected chi connectivity index (χ0v) is 74.0. The first-order valence-corrected chi connectivity index (χ1v) is 40.4. The van der Waals surface area contributed by atoms with Gasteiger partial charge in [0.2, 0.25) is 0 Å². The number of benzene rings is 5.